The number of aromatic nitrogens is 1. The maximum absolute atomic E-state index is 13.7. The van der Waals surface area contributed by atoms with Crippen LogP contribution in [0.15, 0.2) is 36.5 Å². The highest BCUT2D eigenvalue weighted by Crippen LogP contribution is 2.24. The molecule has 5 nitrogen and oxygen atoms in total. The van der Waals surface area contributed by atoms with Gasteiger partial charge in [-0.3, -0.25) is 4.79 Å². The maximum atomic E-state index is 13.7. The minimum atomic E-state index is -0.421. The van der Waals surface area contributed by atoms with E-state index in [1.165, 1.54) is 12.1 Å². The monoisotopic (exact) mass is 328 g/mol. The molecule has 0 unspecified atom stereocenters. The molecule has 1 fully saturated rings. The zero-order valence-electron chi connectivity index (χ0n) is 13.9. The average Bonchev–Trinajstić information content (AvgIpc) is 2.58. The molecule has 6 heteroatoms. The molecule has 2 heterocycles. The van der Waals surface area contributed by atoms with Crippen molar-refractivity contribution in [1.29, 1.82) is 0 Å². The molecule has 0 spiro atoms. The van der Waals surface area contributed by atoms with E-state index >= 15 is 0 Å². The third-order valence-electron chi connectivity index (χ3n) is 4.20. The SMILES string of the molecule is Cc1ccc(NC(=O)c2cc(F)ccc2N2CCN(C)CC2)nc1. The number of carbonyl (C=O) groups is 1. The van der Waals surface area contributed by atoms with Crippen LogP contribution in [0.2, 0.25) is 0 Å². The van der Waals surface area contributed by atoms with E-state index in [-0.39, 0.29) is 5.91 Å². The van der Waals surface area contributed by atoms with E-state index in [4.69, 9.17) is 0 Å². The minimum absolute atomic E-state index is 0.335. The molecule has 0 atom stereocenters. The number of aryl methyl sites for hydroxylation is 1. The predicted octanol–water partition coefficient (Wildman–Crippen LogP) is 2.53. The van der Waals surface area contributed by atoms with Gasteiger partial charge in [0.15, 0.2) is 0 Å². The topological polar surface area (TPSA) is 48.5 Å². The average molecular weight is 328 g/mol. The molecule has 126 valence electrons. The summed E-state index contributed by atoms with van der Waals surface area (Å²) in [5, 5.41) is 2.75. The molecule has 3 rings (SSSR count). The Morgan fingerprint density at radius 2 is 1.92 bits per heavy atom. The van der Waals surface area contributed by atoms with E-state index in [1.807, 2.05) is 13.0 Å². The van der Waals surface area contributed by atoms with Crippen LogP contribution < -0.4 is 10.2 Å². The van der Waals surface area contributed by atoms with Crippen LogP contribution in [0.3, 0.4) is 0 Å². The highest BCUT2D eigenvalue weighted by molar-refractivity contribution is 6.07. The molecule has 1 aliphatic rings. The molecule has 0 bridgehead atoms. The zero-order valence-corrected chi connectivity index (χ0v) is 13.9. The zero-order chi connectivity index (χ0) is 17.1. The lowest BCUT2D eigenvalue weighted by atomic mass is 10.1. The molecule has 0 radical (unpaired) electrons. The van der Waals surface area contributed by atoms with Crippen LogP contribution in [-0.4, -0.2) is 49.0 Å². The lowest BCUT2D eigenvalue weighted by Gasteiger charge is -2.35. The van der Waals surface area contributed by atoms with Crippen molar-refractivity contribution in [3.63, 3.8) is 0 Å². The summed E-state index contributed by atoms with van der Waals surface area (Å²) < 4.78 is 13.7. The Morgan fingerprint density at radius 3 is 2.58 bits per heavy atom. The van der Waals surface area contributed by atoms with E-state index in [2.05, 4.69) is 27.1 Å². The summed E-state index contributed by atoms with van der Waals surface area (Å²) in [6.07, 6.45) is 1.68. The number of likely N-dealkylation sites (N-methyl/N-ethyl adjacent to an activating group) is 1. The van der Waals surface area contributed by atoms with Crippen molar-refractivity contribution in [2.75, 3.05) is 43.4 Å². The van der Waals surface area contributed by atoms with Gasteiger partial charge >= 0.3 is 0 Å². The fourth-order valence-electron chi connectivity index (χ4n) is 2.74. The molecule has 1 aromatic carbocycles. The molecule has 1 aromatic heterocycles. The van der Waals surface area contributed by atoms with E-state index in [1.54, 1.807) is 18.3 Å². The standard InChI is InChI=1S/C18H21FN4O/c1-13-3-6-17(20-12-13)21-18(24)15-11-14(19)4-5-16(15)23-9-7-22(2)8-10-23/h3-6,11-12H,7-10H2,1-2H3,(H,20,21,24). The number of nitrogens with one attached hydrogen (secondary N) is 1. The van der Waals surface area contributed by atoms with Crippen LogP contribution in [0.5, 0.6) is 0 Å². The van der Waals surface area contributed by atoms with Gasteiger partial charge in [0.25, 0.3) is 5.91 Å². The van der Waals surface area contributed by atoms with Gasteiger partial charge in [0, 0.05) is 38.1 Å². The van der Waals surface area contributed by atoms with Gasteiger partial charge in [0.05, 0.1) is 5.56 Å². The number of piperazine rings is 1. The third-order valence-corrected chi connectivity index (χ3v) is 4.20. The third kappa shape index (κ3) is 3.71. The fourth-order valence-corrected chi connectivity index (χ4v) is 2.74. The summed E-state index contributed by atoms with van der Waals surface area (Å²) >= 11 is 0. The highest BCUT2D eigenvalue weighted by atomic mass is 19.1. The summed E-state index contributed by atoms with van der Waals surface area (Å²) in [6, 6.07) is 7.97. The van der Waals surface area contributed by atoms with Crippen molar-refractivity contribution < 1.29 is 9.18 Å². The molecular weight excluding hydrogens is 307 g/mol. The van der Waals surface area contributed by atoms with Crippen molar-refractivity contribution in [3.8, 4) is 0 Å². The van der Waals surface area contributed by atoms with Crippen LogP contribution in [0.4, 0.5) is 15.9 Å². The molecule has 0 saturated carbocycles. The fraction of sp³-hybridized carbons (Fsp3) is 0.333. The first-order valence-electron chi connectivity index (χ1n) is 8.00. The summed E-state index contributed by atoms with van der Waals surface area (Å²) in [6.45, 7) is 5.38. The number of halogens is 1. The van der Waals surface area contributed by atoms with E-state index in [0.717, 1.165) is 37.4 Å². The Labute approximate surface area is 141 Å². The van der Waals surface area contributed by atoms with E-state index < -0.39 is 5.82 Å². The van der Waals surface area contributed by atoms with Crippen LogP contribution >= 0.6 is 0 Å². The lowest BCUT2D eigenvalue weighted by Crippen LogP contribution is -2.45. The number of anilines is 2. The maximum Gasteiger partial charge on any atom is 0.259 e. The minimum Gasteiger partial charge on any atom is -0.368 e. The van der Waals surface area contributed by atoms with Crippen LogP contribution in [0, 0.1) is 12.7 Å². The van der Waals surface area contributed by atoms with Crippen molar-refractivity contribution in [2.24, 2.45) is 0 Å². The number of pyridine rings is 1. The molecule has 24 heavy (non-hydrogen) atoms. The second-order valence-electron chi connectivity index (χ2n) is 6.13. The Morgan fingerprint density at radius 1 is 1.17 bits per heavy atom. The molecule has 1 N–H and O–H groups in total. The normalized spacial score (nSPS) is 15.4. The highest BCUT2D eigenvalue weighted by Gasteiger charge is 2.21. The van der Waals surface area contributed by atoms with Gasteiger partial charge in [-0.2, -0.15) is 0 Å². The number of nitrogens with zero attached hydrogens (tertiary/aromatic N) is 3. The second-order valence-corrected chi connectivity index (χ2v) is 6.13. The van der Waals surface area contributed by atoms with Crippen LogP contribution in [0.1, 0.15) is 15.9 Å². The molecule has 1 aliphatic heterocycles. The van der Waals surface area contributed by atoms with Gasteiger partial charge in [0.1, 0.15) is 11.6 Å². The number of amides is 1. The van der Waals surface area contributed by atoms with Gasteiger partial charge < -0.3 is 15.1 Å². The van der Waals surface area contributed by atoms with Gasteiger partial charge in [-0.05, 0) is 43.8 Å². The van der Waals surface area contributed by atoms with Crippen molar-refractivity contribution >= 4 is 17.4 Å². The number of hydrogen-bond donors (Lipinski definition) is 1. The van der Waals surface area contributed by atoms with Gasteiger partial charge in [-0.1, -0.05) is 6.07 Å². The molecular formula is C18H21FN4O. The Balaban J connectivity index is 1.84. The first kappa shape index (κ1) is 16.4. The number of carbonyl (C=O) groups excluding carboxylic acids is 1. The number of benzene rings is 1. The Kier molecular flexibility index (Phi) is 4.76. The Bertz CT molecular complexity index is 724. The lowest BCUT2D eigenvalue weighted by molar-refractivity contribution is 0.102. The molecule has 2 aromatic rings. The summed E-state index contributed by atoms with van der Waals surface area (Å²) in [5.41, 5.74) is 2.10. The quantitative estimate of drug-likeness (QED) is 0.941. The van der Waals surface area contributed by atoms with Gasteiger partial charge in [0.2, 0.25) is 0 Å². The van der Waals surface area contributed by atoms with Crippen molar-refractivity contribution in [1.82, 2.24) is 9.88 Å². The molecule has 1 amide bonds. The van der Waals surface area contributed by atoms with Gasteiger partial charge in [-0.15, -0.1) is 0 Å². The van der Waals surface area contributed by atoms with E-state index in [9.17, 15) is 9.18 Å². The summed E-state index contributed by atoms with van der Waals surface area (Å²) in [4.78, 5) is 21.2. The Hall–Kier alpha value is -2.47. The smallest absolute Gasteiger partial charge is 0.259 e. The second kappa shape index (κ2) is 6.97. The van der Waals surface area contributed by atoms with E-state index in [0.29, 0.717) is 11.4 Å². The molecule has 1 saturated heterocycles. The van der Waals surface area contributed by atoms with Gasteiger partial charge in [-0.25, -0.2) is 9.37 Å². The first-order valence-corrected chi connectivity index (χ1v) is 8.00. The predicted molar refractivity (Wildman–Crippen MR) is 93.0 cm³/mol. The van der Waals surface area contributed by atoms with Crippen molar-refractivity contribution in [2.45, 2.75) is 6.92 Å². The summed E-state index contributed by atoms with van der Waals surface area (Å²) in [7, 11) is 2.07. The molecule has 0 aliphatic carbocycles. The number of hydrogen-bond acceptors (Lipinski definition) is 4. The first-order chi connectivity index (χ1) is 11.5. The largest absolute Gasteiger partial charge is 0.368 e. The van der Waals surface area contributed by atoms with Crippen LogP contribution in [0.25, 0.3) is 0 Å². The van der Waals surface area contributed by atoms with Crippen molar-refractivity contribution in [3.05, 3.63) is 53.5 Å². The summed E-state index contributed by atoms with van der Waals surface area (Å²) in [5.74, 6) is -0.311. The number of rotatable bonds is 3. The van der Waals surface area contributed by atoms with Crippen LogP contribution in [-0.2, 0) is 0 Å².